The van der Waals surface area contributed by atoms with E-state index in [0.717, 1.165) is 27.8 Å². The molecule has 0 unspecified atom stereocenters. The molecule has 4 rings (SSSR count). The van der Waals surface area contributed by atoms with Crippen molar-refractivity contribution in [3.05, 3.63) is 81.0 Å². The first-order valence-corrected chi connectivity index (χ1v) is 11.4. The normalized spacial score (nSPS) is 11.4. The molecule has 0 saturated heterocycles. The van der Waals surface area contributed by atoms with Crippen molar-refractivity contribution in [3.63, 3.8) is 0 Å². The molecule has 0 fully saturated rings. The molecule has 0 aliphatic rings. The van der Waals surface area contributed by atoms with Crippen LogP contribution in [0.15, 0.2) is 56.8 Å². The third-order valence-corrected chi connectivity index (χ3v) is 6.52. The minimum absolute atomic E-state index is 0.210. The lowest BCUT2D eigenvalue weighted by atomic mass is 10.0. The molecule has 0 saturated carbocycles. The van der Waals surface area contributed by atoms with Gasteiger partial charge in [0, 0.05) is 17.2 Å². The molecule has 0 amide bonds. The van der Waals surface area contributed by atoms with Crippen molar-refractivity contribution in [1.29, 1.82) is 0 Å². The van der Waals surface area contributed by atoms with Crippen LogP contribution in [0.3, 0.4) is 0 Å². The minimum atomic E-state index is -0.367. The molecule has 4 aromatic rings. The summed E-state index contributed by atoms with van der Waals surface area (Å²) in [7, 11) is 0. The number of hydrogen-bond acceptors (Lipinski definition) is 7. The van der Waals surface area contributed by atoms with Gasteiger partial charge >= 0.3 is 5.63 Å². The third kappa shape index (κ3) is 4.50. The topological polar surface area (TPSA) is 96.2 Å². The molecule has 2 aromatic heterocycles. The molecular formula is C24H26N4O3S. The second-order valence-corrected chi connectivity index (χ2v) is 8.99. The summed E-state index contributed by atoms with van der Waals surface area (Å²) < 4.78 is 12.7. The smallest absolute Gasteiger partial charge is 0.336 e. The summed E-state index contributed by atoms with van der Waals surface area (Å²) in [5.41, 5.74) is 4.43. The second kappa shape index (κ2) is 9.08. The first-order chi connectivity index (χ1) is 15.3. The van der Waals surface area contributed by atoms with E-state index in [1.165, 1.54) is 28.1 Å². The van der Waals surface area contributed by atoms with Crippen molar-refractivity contribution >= 4 is 22.7 Å². The van der Waals surface area contributed by atoms with E-state index in [2.05, 4.69) is 36.2 Å². The van der Waals surface area contributed by atoms with Crippen molar-refractivity contribution in [2.24, 2.45) is 0 Å². The minimum Gasteiger partial charge on any atom is -0.486 e. The van der Waals surface area contributed by atoms with E-state index in [1.54, 1.807) is 0 Å². The summed E-state index contributed by atoms with van der Waals surface area (Å²) in [6, 6.07) is 13.5. The fraction of sp³-hybridized carbons (Fsp3) is 0.292. The molecule has 0 aliphatic carbocycles. The first-order valence-electron chi connectivity index (χ1n) is 10.4. The van der Waals surface area contributed by atoms with E-state index in [4.69, 9.17) is 15.0 Å². The number of fused-ring (bicyclic) bond motifs is 1. The summed E-state index contributed by atoms with van der Waals surface area (Å²) in [5, 5.41) is 9.80. The molecule has 2 heterocycles. The van der Waals surface area contributed by atoms with Crippen molar-refractivity contribution in [1.82, 2.24) is 14.9 Å². The molecule has 2 aromatic carbocycles. The number of nitrogen functional groups attached to an aromatic ring is 1. The van der Waals surface area contributed by atoms with Crippen molar-refractivity contribution in [2.45, 2.75) is 51.1 Å². The monoisotopic (exact) mass is 450 g/mol. The van der Waals surface area contributed by atoms with Crippen LogP contribution in [0.25, 0.3) is 11.0 Å². The summed E-state index contributed by atoms with van der Waals surface area (Å²) in [4.78, 5) is 12.1. The molecule has 0 bridgehead atoms. The van der Waals surface area contributed by atoms with Crippen LogP contribution in [0.1, 0.15) is 47.8 Å². The zero-order valence-electron chi connectivity index (χ0n) is 18.6. The van der Waals surface area contributed by atoms with Crippen LogP contribution in [0, 0.1) is 13.8 Å². The lowest BCUT2D eigenvalue weighted by Crippen LogP contribution is -2.15. The van der Waals surface area contributed by atoms with E-state index < -0.39 is 0 Å². The summed E-state index contributed by atoms with van der Waals surface area (Å²) in [6.45, 7) is 8.46. The zero-order chi connectivity index (χ0) is 22.8. The van der Waals surface area contributed by atoms with Crippen molar-refractivity contribution < 1.29 is 9.15 Å². The van der Waals surface area contributed by atoms with Gasteiger partial charge in [-0.3, -0.25) is 0 Å². The summed E-state index contributed by atoms with van der Waals surface area (Å²) in [6.07, 6.45) is 0. The van der Waals surface area contributed by atoms with Gasteiger partial charge in [0.15, 0.2) is 5.82 Å². The number of hydrogen-bond donors (Lipinski definition) is 1. The van der Waals surface area contributed by atoms with Crippen LogP contribution >= 0.6 is 11.8 Å². The summed E-state index contributed by atoms with van der Waals surface area (Å²) in [5.74, 6) is 8.44. The van der Waals surface area contributed by atoms with Crippen LogP contribution in [0.4, 0.5) is 0 Å². The number of thioether (sulfide) groups is 1. The Hall–Kier alpha value is -3.26. The molecule has 7 nitrogen and oxygen atoms in total. The number of benzene rings is 2. The Kier molecular flexibility index (Phi) is 6.23. The number of nitrogens with zero attached hydrogens (tertiary/aromatic N) is 3. The SMILES string of the molecule is Cc1ccc2c(CSc3nnc(COc4ccc(C(C)C)cc4)n3N)cc(=O)oc2c1C. The number of nitrogens with two attached hydrogens (primary N) is 1. The van der Waals surface area contributed by atoms with Crippen LogP contribution in [-0.4, -0.2) is 14.9 Å². The maximum atomic E-state index is 12.1. The third-order valence-electron chi connectivity index (χ3n) is 5.52. The standard InChI is InChI=1S/C24H26N4O3S/c1-14(2)17-6-8-19(9-7-17)30-12-21-26-27-24(28(21)25)32-13-18-11-22(29)31-23-16(4)15(3)5-10-20(18)23/h5-11,14H,12-13,25H2,1-4H3. The van der Waals surface area contributed by atoms with Gasteiger partial charge in [0.05, 0.1) is 0 Å². The number of ether oxygens (including phenoxy) is 1. The first kappa shape index (κ1) is 22.0. The fourth-order valence-corrected chi connectivity index (χ4v) is 4.25. The highest BCUT2D eigenvalue weighted by atomic mass is 32.2. The zero-order valence-corrected chi connectivity index (χ0v) is 19.4. The van der Waals surface area contributed by atoms with Crippen LogP contribution in [0.5, 0.6) is 5.75 Å². The van der Waals surface area contributed by atoms with Gasteiger partial charge in [-0.05, 0) is 54.2 Å². The van der Waals surface area contributed by atoms with Gasteiger partial charge in [-0.1, -0.05) is 49.9 Å². The quantitative estimate of drug-likeness (QED) is 0.247. The molecular weight excluding hydrogens is 424 g/mol. The van der Waals surface area contributed by atoms with E-state index >= 15 is 0 Å². The maximum Gasteiger partial charge on any atom is 0.336 e. The lowest BCUT2D eigenvalue weighted by Gasteiger charge is -2.09. The number of rotatable bonds is 7. The van der Waals surface area contributed by atoms with Gasteiger partial charge < -0.3 is 15.0 Å². The summed E-state index contributed by atoms with van der Waals surface area (Å²) >= 11 is 1.41. The van der Waals surface area contributed by atoms with Gasteiger partial charge in [0.1, 0.15) is 17.9 Å². The van der Waals surface area contributed by atoms with Gasteiger partial charge in [0.25, 0.3) is 0 Å². The highest BCUT2D eigenvalue weighted by Gasteiger charge is 2.14. The van der Waals surface area contributed by atoms with Gasteiger partial charge in [0.2, 0.25) is 5.16 Å². The average Bonchev–Trinajstić information content (AvgIpc) is 3.13. The average molecular weight is 451 g/mol. The Morgan fingerprint density at radius 3 is 2.59 bits per heavy atom. The van der Waals surface area contributed by atoms with Crippen molar-refractivity contribution in [3.8, 4) is 5.75 Å². The maximum absolute atomic E-state index is 12.1. The molecule has 166 valence electrons. The Morgan fingerprint density at radius 2 is 1.88 bits per heavy atom. The predicted octanol–water partition coefficient (Wildman–Crippen LogP) is 4.71. The van der Waals surface area contributed by atoms with E-state index in [1.807, 2.05) is 38.1 Å². The van der Waals surface area contributed by atoms with Gasteiger partial charge in [-0.15, -0.1) is 10.2 Å². The molecule has 8 heteroatoms. The highest BCUT2D eigenvalue weighted by Crippen LogP contribution is 2.28. The Morgan fingerprint density at radius 1 is 1.12 bits per heavy atom. The van der Waals surface area contributed by atoms with Crippen LogP contribution < -0.4 is 16.2 Å². The molecule has 2 N–H and O–H groups in total. The van der Waals surface area contributed by atoms with E-state index in [0.29, 0.717) is 28.2 Å². The number of aromatic nitrogens is 3. The molecule has 32 heavy (non-hydrogen) atoms. The molecule has 0 spiro atoms. The van der Waals surface area contributed by atoms with E-state index in [9.17, 15) is 4.79 Å². The lowest BCUT2D eigenvalue weighted by molar-refractivity contribution is 0.291. The molecule has 0 atom stereocenters. The largest absolute Gasteiger partial charge is 0.486 e. The Labute approximate surface area is 190 Å². The predicted molar refractivity (Wildman–Crippen MR) is 127 cm³/mol. The number of aryl methyl sites for hydroxylation is 2. The fourth-order valence-electron chi connectivity index (χ4n) is 3.39. The van der Waals surface area contributed by atoms with Gasteiger partial charge in [-0.25, -0.2) is 9.47 Å². The van der Waals surface area contributed by atoms with Gasteiger partial charge in [-0.2, -0.15) is 0 Å². The Balaban J connectivity index is 1.47. The van der Waals surface area contributed by atoms with Crippen LogP contribution in [-0.2, 0) is 12.4 Å². The highest BCUT2D eigenvalue weighted by molar-refractivity contribution is 7.98. The second-order valence-electron chi connectivity index (χ2n) is 8.04. The molecule has 0 aliphatic heterocycles. The van der Waals surface area contributed by atoms with Crippen molar-refractivity contribution in [2.75, 3.05) is 5.84 Å². The Bertz CT molecular complexity index is 1310. The van der Waals surface area contributed by atoms with E-state index in [-0.39, 0.29) is 12.2 Å². The molecule has 0 radical (unpaired) electrons. The van der Waals surface area contributed by atoms with Crippen LogP contribution in [0.2, 0.25) is 0 Å².